The second-order valence-corrected chi connectivity index (χ2v) is 6.01. The van der Waals surface area contributed by atoms with Crippen molar-refractivity contribution in [3.8, 4) is 0 Å². The summed E-state index contributed by atoms with van der Waals surface area (Å²) in [7, 11) is 5.53. The lowest BCUT2D eigenvalue weighted by molar-refractivity contribution is 0.296. The predicted molar refractivity (Wildman–Crippen MR) is 76.0 cm³/mol. The molecule has 0 bridgehead atoms. The number of hydrogen-bond donors (Lipinski definition) is 0. The molecule has 0 aromatic carbocycles. The molecular weight excluding hydrogens is 191 g/mol. The summed E-state index contributed by atoms with van der Waals surface area (Å²) in [6, 6.07) is 0. The van der Waals surface area contributed by atoms with Crippen LogP contribution in [0.5, 0.6) is 0 Å². The van der Waals surface area contributed by atoms with E-state index < -0.39 is 0 Å². The Morgan fingerprint density at radius 3 is 2.44 bits per heavy atom. The van der Waals surface area contributed by atoms with Crippen molar-refractivity contribution in [2.45, 2.75) is 72.5 Å². The lowest BCUT2D eigenvalue weighted by Gasteiger charge is -2.23. The Labute approximate surface area is 104 Å². The highest BCUT2D eigenvalue weighted by Gasteiger charge is 2.14. The highest BCUT2D eigenvalue weighted by atomic mass is 14.2. The van der Waals surface area contributed by atoms with Gasteiger partial charge in [0.25, 0.3) is 0 Å². The molecule has 0 saturated carbocycles. The van der Waals surface area contributed by atoms with Crippen LogP contribution in [0.4, 0.5) is 0 Å². The smallest absolute Gasteiger partial charge is 0.0711 e. The Morgan fingerprint density at radius 2 is 1.94 bits per heavy atom. The molecule has 0 spiro atoms. The third-order valence-electron chi connectivity index (χ3n) is 3.79. The molecule has 1 atom stereocenters. The summed E-state index contributed by atoms with van der Waals surface area (Å²) in [5.41, 5.74) is 1.72. The third kappa shape index (κ3) is 8.02. The minimum Gasteiger partial charge on any atom is -0.101 e. The average Bonchev–Trinajstić information content (AvgIpc) is 2.25. The largest absolute Gasteiger partial charge is 0.101 e. The van der Waals surface area contributed by atoms with Crippen LogP contribution in [0.3, 0.4) is 0 Å². The first-order valence-electron chi connectivity index (χ1n) is 6.78. The number of rotatable bonds is 9. The van der Waals surface area contributed by atoms with E-state index in [0.717, 1.165) is 12.3 Å². The van der Waals surface area contributed by atoms with Crippen molar-refractivity contribution in [2.75, 3.05) is 0 Å². The Kier molecular flexibility index (Phi) is 7.88. The zero-order valence-corrected chi connectivity index (χ0v) is 11.8. The van der Waals surface area contributed by atoms with Crippen LogP contribution in [-0.4, -0.2) is 7.85 Å². The molecule has 0 rings (SSSR count). The van der Waals surface area contributed by atoms with Gasteiger partial charge in [-0.2, -0.15) is 0 Å². The zero-order chi connectivity index (χ0) is 12.6. The van der Waals surface area contributed by atoms with Crippen molar-refractivity contribution in [3.05, 3.63) is 12.2 Å². The van der Waals surface area contributed by atoms with E-state index in [-0.39, 0.29) is 0 Å². The summed E-state index contributed by atoms with van der Waals surface area (Å²) < 4.78 is 0. The predicted octanol–water partition coefficient (Wildman–Crippen LogP) is 5.15. The van der Waals surface area contributed by atoms with E-state index in [2.05, 4.69) is 34.3 Å². The first-order chi connectivity index (χ1) is 7.41. The van der Waals surface area contributed by atoms with Crippen molar-refractivity contribution >= 4 is 7.85 Å². The first-order valence-corrected chi connectivity index (χ1v) is 6.78. The van der Waals surface area contributed by atoms with E-state index in [0.29, 0.717) is 11.7 Å². The van der Waals surface area contributed by atoms with Crippen LogP contribution < -0.4 is 0 Å². The second-order valence-electron chi connectivity index (χ2n) is 6.01. The molecule has 0 fully saturated rings. The molecule has 0 N–H and O–H groups in total. The zero-order valence-electron chi connectivity index (χ0n) is 11.8. The second kappa shape index (κ2) is 7.98. The molecule has 0 aromatic heterocycles. The van der Waals surface area contributed by atoms with E-state index in [1.54, 1.807) is 0 Å². The lowest BCUT2D eigenvalue weighted by Crippen LogP contribution is -2.09. The van der Waals surface area contributed by atoms with Crippen molar-refractivity contribution in [3.63, 3.8) is 0 Å². The fraction of sp³-hybridized carbons (Fsp3) is 0.867. The molecule has 0 aliphatic rings. The van der Waals surface area contributed by atoms with Crippen molar-refractivity contribution < 1.29 is 0 Å². The molecule has 2 radical (unpaired) electrons. The summed E-state index contributed by atoms with van der Waals surface area (Å²) in [4.78, 5) is 0. The average molecular weight is 220 g/mol. The number of allylic oxidation sites excluding steroid dienone is 1. The fourth-order valence-corrected chi connectivity index (χ4v) is 1.80. The van der Waals surface area contributed by atoms with Gasteiger partial charge < -0.3 is 0 Å². The molecule has 1 heteroatoms. The molecule has 0 aliphatic carbocycles. The van der Waals surface area contributed by atoms with Gasteiger partial charge in [0, 0.05) is 0 Å². The van der Waals surface area contributed by atoms with Crippen LogP contribution in [0.2, 0.25) is 6.32 Å². The normalized spacial score (nSPS) is 13.8. The van der Waals surface area contributed by atoms with Crippen LogP contribution in [0.1, 0.15) is 66.2 Å². The molecule has 0 nitrogen and oxygen atoms in total. The van der Waals surface area contributed by atoms with Gasteiger partial charge >= 0.3 is 0 Å². The van der Waals surface area contributed by atoms with Crippen LogP contribution in [0.15, 0.2) is 12.2 Å². The summed E-state index contributed by atoms with van der Waals surface area (Å²) in [5.74, 6) is 0.816. The van der Waals surface area contributed by atoms with Crippen LogP contribution in [0.25, 0.3) is 0 Å². The SMILES string of the molecule is [B]CC(=C)CCC(C)CCCC(C)(C)CC. The highest BCUT2D eigenvalue weighted by Crippen LogP contribution is 2.28. The molecular formula is C15H29B. The van der Waals surface area contributed by atoms with Gasteiger partial charge in [-0.05, 0) is 30.6 Å². The van der Waals surface area contributed by atoms with E-state index in [1.165, 1.54) is 37.7 Å². The summed E-state index contributed by atoms with van der Waals surface area (Å²) in [6.45, 7) is 13.3. The van der Waals surface area contributed by atoms with Crippen molar-refractivity contribution in [2.24, 2.45) is 11.3 Å². The molecule has 92 valence electrons. The topological polar surface area (TPSA) is 0 Å². The molecule has 16 heavy (non-hydrogen) atoms. The Balaban J connectivity index is 3.58. The maximum Gasteiger partial charge on any atom is 0.0711 e. The monoisotopic (exact) mass is 220 g/mol. The maximum absolute atomic E-state index is 5.53. The highest BCUT2D eigenvalue weighted by molar-refractivity contribution is 6.10. The van der Waals surface area contributed by atoms with Gasteiger partial charge in [0.05, 0.1) is 7.85 Å². The summed E-state index contributed by atoms with van der Waals surface area (Å²) in [6.07, 6.45) is 8.35. The van der Waals surface area contributed by atoms with Gasteiger partial charge in [-0.15, -0.1) is 6.58 Å². The minimum absolute atomic E-state index is 0.528. The van der Waals surface area contributed by atoms with E-state index in [1.807, 2.05) is 0 Å². The van der Waals surface area contributed by atoms with Gasteiger partial charge in [-0.1, -0.05) is 58.9 Å². The molecule has 0 saturated heterocycles. The van der Waals surface area contributed by atoms with Gasteiger partial charge in [-0.3, -0.25) is 0 Å². The first kappa shape index (κ1) is 15.8. The van der Waals surface area contributed by atoms with E-state index >= 15 is 0 Å². The molecule has 1 unspecified atom stereocenters. The fourth-order valence-electron chi connectivity index (χ4n) is 1.80. The van der Waals surface area contributed by atoms with Gasteiger partial charge in [0.1, 0.15) is 0 Å². The lowest BCUT2D eigenvalue weighted by atomic mass is 9.83. The van der Waals surface area contributed by atoms with Gasteiger partial charge in [0.2, 0.25) is 0 Å². The quantitative estimate of drug-likeness (QED) is 0.372. The Hall–Kier alpha value is -0.195. The van der Waals surface area contributed by atoms with Crippen LogP contribution in [-0.2, 0) is 0 Å². The van der Waals surface area contributed by atoms with Crippen molar-refractivity contribution in [1.29, 1.82) is 0 Å². The third-order valence-corrected chi connectivity index (χ3v) is 3.79. The number of hydrogen-bond acceptors (Lipinski definition) is 0. The summed E-state index contributed by atoms with van der Waals surface area (Å²) >= 11 is 0. The Morgan fingerprint density at radius 1 is 1.31 bits per heavy atom. The maximum atomic E-state index is 5.53. The summed E-state index contributed by atoms with van der Waals surface area (Å²) in [5, 5.41) is 0. The molecule has 0 amide bonds. The molecule has 0 aliphatic heterocycles. The van der Waals surface area contributed by atoms with E-state index in [4.69, 9.17) is 7.85 Å². The minimum atomic E-state index is 0.528. The Bertz CT molecular complexity index is 194. The van der Waals surface area contributed by atoms with Crippen molar-refractivity contribution in [1.82, 2.24) is 0 Å². The standard InChI is InChI=1S/C15H29B/c1-6-15(4,5)11-7-8-13(2)9-10-14(3)12-16/h13H,3,6-12H2,1-2,4-5H3. The van der Waals surface area contributed by atoms with Crippen LogP contribution in [0, 0.1) is 11.3 Å². The van der Waals surface area contributed by atoms with Gasteiger partial charge in [0.15, 0.2) is 0 Å². The molecule has 0 heterocycles. The molecule has 0 aromatic rings. The van der Waals surface area contributed by atoms with Gasteiger partial charge in [-0.25, -0.2) is 0 Å². The van der Waals surface area contributed by atoms with E-state index in [9.17, 15) is 0 Å². The van der Waals surface area contributed by atoms with Crippen LogP contribution >= 0.6 is 0 Å².